The summed E-state index contributed by atoms with van der Waals surface area (Å²) in [6, 6.07) is 12.2. The second-order valence-corrected chi connectivity index (χ2v) is 4.96. The van der Waals surface area contributed by atoms with Gasteiger partial charge in [0.2, 0.25) is 0 Å². The summed E-state index contributed by atoms with van der Waals surface area (Å²) in [5, 5.41) is 3.12. The maximum absolute atomic E-state index is 13.0. The molecule has 114 valence electrons. The van der Waals surface area contributed by atoms with Crippen molar-refractivity contribution < 1.29 is 18.7 Å². The lowest BCUT2D eigenvalue weighted by Crippen LogP contribution is -2.21. The van der Waals surface area contributed by atoms with Crippen LogP contribution in [0.25, 0.3) is 0 Å². The lowest BCUT2D eigenvalue weighted by atomic mass is 10.1. The minimum atomic E-state index is -0.600. The SMILES string of the molecule is O=C(COC(=O)Cc1cccc(F)c1)Nc1ccc(Cl)cc1. The first kappa shape index (κ1) is 16.0. The fraction of sp³-hybridized carbons (Fsp3) is 0.125. The van der Waals surface area contributed by atoms with Gasteiger partial charge in [-0.1, -0.05) is 23.7 Å². The van der Waals surface area contributed by atoms with Gasteiger partial charge in [0.05, 0.1) is 6.42 Å². The van der Waals surface area contributed by atoms with Crippen molar-refractivity contribution >= 4 is 29.2 Å². The Labute approximate surface area is 131 Å². The quantitative estimate of drug-likeness (QED) is 0.860. The van der Waals surface area contributed by atoms with Crippen molar-refractivity contribution in [1.29, 1.82) is 0 Å². The summed E-state index contributed by atoms with van der Waals surface area (Å²) in [5.74, 6) is -1.49. The highest BCUT2D eigenvalue weighted by Crippen LogP contribution is 2.13. The van der Waals surface area contributed by atoms with Crippen LogP contribution in [0.3, 0.4) is 0 Å². The molecule has 1 N–H and O–H groups in total. The molecule has 0 fully saturated rings. The number of hydrogen-bond donors (Lipinski definition) is 1. The fourth-order valence-electron chi connectivity index (χ4n) is 1.74. The Bertz CT molecular complexity index is 673. The van der Waals surface area contributed by atoms with Gasteiger partial charge in [0.1, 0.15) is 5.82 Å². The zero-order chi connectivity index (χ0) is 15.9. The van der Waals surface area contributed by atoms with E-state index in [2.05, 4.69) is 5.32 Å². The first-order chi connectivity index (χ1) is 10.5. The number of anilines is 1. The third-order valence-electron chi connectivity index (χ3n) is 2.73. The molecule has 0 saturated heterocycles. The van der Waals surface area contributed by atoms with Crippen LogP contribution in [0.5, 0.6) is 0 Å². The van der Waals surface area contributed by atoms with Crippen LogP contribution in [0.1, 0.15) is 5.56 Å². The fourth-order valence-corrected chi connectivity index (χ4v) is 1.87. The monoisotopic (exact) mass is 321 g/mol. The van der Waals surface area contributed by atoms with Gasteiger partial charge in [-0.05, 0) is 42.0 Å². The lowest BCUT2D eigenvalue weighted by molar-refractivity contribution is -0.146. The number of benzene rings is 2. The van der Waals surface area contributed by atoms with Crippen LogP contribution < -0.4 is 5.32 Å². The average molecular weight is 322 g/mol. The molecule has 4 nitrogen and oxygen atoms in total. The zero-order valence-corrected chi connectivity index (χ0v) is 12.3. The Kier molecular flexibility index (Phi) is 5.49. The molecule has 0 aliphatic carbocycles. The van der Waals surface area contributed by atoms with Gasteiger partial charge in [-0.25, -0.2) is 4.39 Å². The molecule has 0 aromatic heterocycles. The van der Waals surface area contributed by atoms with Crippen molar-refractivity contribution in [1.82, 2.24) is 0 Å². The van der Waals surface area contributed by atoms with Gasteiger partial charge in [0, 0.05) is 10.7 Å². The van der Waals surface area contributed by atoms with E-state index in [1.54, 1.807) is 30.3 Å². The van der Waals surface area contributed by atoms with Crippen LogP contribution in [-0.4, -0.2) is 18.5 Å². The molecular weight excluding hydrogens is 309 g/mol. The van der Waals surface area contributed by atoms with Gasteiger partial charge >= 0.3 is 5.97 Å². The van der Waals surface area contributed by atoms with Crippen molar-refractivity contribution in [3.8, 4) is 0 Å². The predicted octanol–water partition coefficient (Wildman–Crippen LogP) is 3.20. The van der Waals surface area contributed by atoms with Gasteiger partial charge < -0.3 is 10.1 Å². The van der Waals surface area contributed by atoms with Crippen molar-refractivity contribution in [2.45, 2.75) is 6.42 Å². The van der Waals surface area contributed by atoms with E-state index in [9.17, 15) is 14.0 Å². The van der Waals surface area contributed by atoms with E-state index in [1.807, 2.05) is 0 Å². The first-order valence-corrected chi connectivity index (χ1v) is 6.86. The third kappa shape index (κ3) is 5.18. The molecule has 1 amide bonds. The molecule has 0 heterocycles. The van der Waals surface area contributed by atoms with Crippen molar-refractivity contribution in [3.05, 3.63) is 64.9 Å². The van der Waals surface area contributed by atoms with E-state index in [0.29, 0.717) is 16.3 Å². The number of halogens is 2. The Morgan fingerprint density at radius 3 is 2.55 bits per heavy atom. The Balaban J connectivity index is 1.78. The molecule has 0 aliphatic heterocycles. The van der Waals surface area contributed by atoms with Crippen LogP contribution in [0.15, 0.2) is 48.5 Å². The van der Waals surface area contributed by atoms with Gasteiger partial charge in [0.25, 0.3) is 5.91 Å². The molecule has 0 unspecified atom stereocenters. The molecule has 2 aromatic rings. The maximum Gasteiger partial charge on any atom is 0.310 e. The van der Waals surface area contributed by atoms with Crippen molar-refractivity contribution in [2.24, 2.45) is 0 Å². The van der Waals surface area contributed by atoms with E-state index in [4.69, 9.17) is 16.3 Å². The van der Waals surface area contributed by atoms with Gasteiger partial charge in [-0.3, -0.25) is 9.59 Å². The summed E-state index contributed by atoms with van der Waals surface area (Å²) in [4.78, 5) is 23.2. The number of esters is 1. The number of hydrogen-bond acceptors (Lipinski definition) is 3. The van der Waals surface area contributed by atoms with Crippen LogP contribution in [-0.2, 0) is 20.7 Å². The van der Waals surface area contributed by atoms with E-state index >= 15 is 0 Å². The predicted molar refractivity (Wildman–Crippen MR) is 81.1 cm³/mol. The van der Waals surface area contributed by atoms with E-state index in [0.717, 1.165) is 0 Å². The summed E-state index contributed by atoms with van der Waals surface area (Å²) in [6.07, 6.45) is -0.0913. The Morgan fingerprint density at radius 2 is 1.86 bits per heavy atom. The highest BCUT2D eigenvalue weighted by molar-refractivity contribution is 6.30. The highest BCUT2D eigenvalue weighted by atomic mass is 35.5. The standard InChI is InChI=1S/C16H13ClFNO3/c17-12-4-6-14(7-5-12)19-15(20)10-22-16(21)9-11-2-1-3-13(18)8-11/h1-8H,9-10H2,(H,19,20). The summed E-state index contributed by atoms with van der Waals surface area (Å²) in [5.41, 5.74) is 1.04. The molecule has 0 atom stereocenters. The number of rotatable bonds is 5. The van der Waals surface area contributed by atoms with Crippen LogP contribution in [0, 0.1) is 5.82 Å². The topological polar surface area (TPSA) is 55.4 Å². The first-order valence-electron chi connectivity index (χ1n) is 6.48. The van der Waals surface area contributed by atoms with E-state index in [1.165, 1.54) is 18.2 Å². The van der Waals surface area contributed by atoms with Gasteiger partial charge in [0.15, 0.2) is 6.61 Å². The Hall–Kier alpha value is -2.40. The lowest BCUT2D eigenvalue weighted by Gasteiger charge is -2.07. The molecular formula is C16H13ClFNO3. The summed E-state index contributed by atoms with van der Waals surface area (Å²) in [7, 11) is 0. The molecule has 0 saturated carbocycles. The molecule has 0 aliphatic rings. The molecule has 2 rings (SSSR count). The molecule has 0 bridgehead atoms. The molecule has 6 heteroatoms. The number of amides is 1. The third-order valence-corrected chi connectivity index (χ3v) is 2.98. The molecule has 0 radical (unpaired) electrons. The highest BCUT2D eigenvalue weighted by Gasteiger charge is 2.09. The smallest absolute Gasteiger partial charge is 0.310 e. The summed E-state index contributed by atoms with van der Waals surface area (Å²) >= 11 is 5.73. The average Bonchev–Trinajstić information content (AvgIpc) is 2.48. The summed E-state index contributed by atoms with van der Waals surface area (Å²) < 4.78 is 17.8. The van der Waals surface area contributed by atoms with E-state index in [-0.39, 0.29) is 6.42 Å². The van der Waals surface area contributed by atoms with Gasteiger partial charge in [-0.15, -0.1) is 0 Å². The maximum atomic E-state index is 13.0. The van der Waals surface area contributed by atoms with Crippen LogP contribution in [0.2, 0.25) is 5.02 Å². The zero-order valence-electron chi connectivity index (χ0n) is 11.5. The minimum absolute atomic E-state index is 0.0913. The van der Waals surface area contributed by atoms with Crippen LogP contribution in [0.4, 0.5) is 10.1 Å². The van der Waals surface area contributed by atoms with Gasteiger partial charge in [-0.2, -0.15) is 0 Å². The molecule has 0 spiro atoms. The minimum Gasteiger partial charge on any atom is -0.455 e. The second-order valence-electron chi connectivity index (χ2n) is 4.52. The number of carbonyl (C=O) groups excluding carboxylic acids is 2. The second kappa shape index (κ2) is 7.56. The number of ether oxygens (including phenoxy) is 1. The van der Waals surface area contributed by atoms with Crippen LogP contribution >= 0.6 is 11.6 Å². The normalized spacial score (nSPS) is 10.1. The molecule has 2 aromatic carbocycles. The Morgan fingerprint density at radius 1 is 1.14 bits per heavy atom. The van der Waals surface area contributed by atoms with Crippen molar-refractivity contribution in [3.63, 3.8) is 0 Å². The number of nitrogens with one attached hydrogen (secondary N) is 1. The largest absolute Gasteiger partial charge is 0.455 e. The van der Waals surface area contributed by atoms with E-state index < -0.39 is 24.3 Å². The molecule has 22 heavy (non-hydrogen) atoms. The number of carbonyl (C=O) groups is 2. The summed E-state index contributed by atoms with van der Waals surface area (Å²) in [6.45, 7) is -0.406. The van der Waals surface area contributed by atoms with Crippen molar-refractivity contribution in [2.75, 3.05) is 11.9 Å².